The summed E-state index contributed by atoms with van der Waals surface area (Å²) in [5, 5.41) is 2.75. The Morgan fingerprint density at radius 3 is 2.72 bits per heavy atom. The van der Waals surface area contributed by atoms with Crippen molar-refractivity contribution in [2.24, 2.45) is 0 Å². The molecule has 2 N–H and O–H groups in total. The molecular weight excluding hydrogens is 228 g/mol. The summed E-state index contributed by atoms with van der Waals surface area (Å²) < 4.78 is 0. The Kier molecular flexibility index (Phi) is 3.28. The number of nitrogens with one attached hydrogen (secondary N) is 2. The number of pyridine rings is 1. The molecule has 1 amide bonds. The van der Waals surface area contributed by atoms with Gasteiger partial charge in [0.25, 0.3) is 11.5 Å². The van der Waals surface area contributed by atoms with Crippen LogP contribution in [-0.4, -0.2) is 10.9 Å². The molecule has 0 aliphatic heterocycles. The van der Waals surface area contributed by atoms with Crippen LogP contribution in [-0.2, 0) is 0 Å². The standard InChI is InChI=1S/C14H14N2O2/c1-9-5-6-10(2)12(8-9)16-14(18)11-4-3-7-15-13(11)17/h3-8H,1-2H3,(H,15,17)(H,16,18). The van der Waals surface area contributed by atoms with E-state index in [0.29, 0.717) is 0 Å². The maximum atomic E-state index is 12.0. The van der Waals surface area contributed by atoms with E-state index in [1.807, 2.05) is 32.0 Å². The minimum absolute atomic E-state index is 0.110. The first-order valence-corrected chi connectivity index (χ1v) is 5.64. The summed E-state index contributed by atoms with van der Waals surface area (Å²) >= 11 is 0. The smallest absolute Gasteiger partial charge is 0.261 e. The van der Waals surface area contributed by atoms with Crippen molar-refractivity contribution in [2.45, 2.75) is 13.8 Å². The van der Waals surface area contributed by atoms with Crippen LogP contribution in [0.2, 0.25) is 0 Å². The minimum atomic E-state index is -0.398. The van der Waals surface area contributed by atoms with Crippen molar-refractivity contribution in [1.29, 1.82) is 0 Å². The van der Waals surface area contributed by atoms with Gasteiger partial charge in [0.1, 0.15) is 5.56 Å². The number of aromatic amines is 1. The number of anilines is 1. The number of benzene rings is 1. The molecule has 4 nitrogen and oxygen atoms in total. The Bertz CT molecular complexity index is 644. The van der Waals surface area contributed by atoms with Crippen molar-refractivity contribution in [3.05, 3.63) is 63.6 Å². The van der Waals surface area contributed by atoms with Crippen LogP contribution < -0.4 is 10.9 Å². The van der Waals surface area contributed by atoms with E-state index in [4.69, 9.17) is 0 Å². The van der Waals surface area contributed by atoms with Gasteiger partial charge in [0, 0.05) is 11.9 Å². The van der Waals surface area contributed by atoms with E-state index in [0.717, 1.165) is 16.8 Å². The Hall–Kier alpha value is -2.36. The molecule has 1 aromatic heterocycles. The molecule has 0 spiro atoms. The second-order valence-corrected chi connectivity index (χ2v) is 4.19. The zero-order chi connectivity index (χ0) is 13.1. The molecule has 1 aromatic carbocycles. The summed E-state index contributed by atoms with van der Waals surface area (Å²) in [4.78, 5) is 25.9. The highest BCUT2D eigenvalue weighted by Crippen LogP contribution is 2.16. The number of hydrogen-bond acceptors (Lipinski definition) is 2. The first-order valence-electron chi connectivity index (χ1n) is 5.64. The van der Waals surface area contributed by atoms with Gasteiger partial charge < -0.3 is 10.3 Å². The van der Waals surface area contributed by atoms with Gasteiger partial charge in [-0.1, -0.05) is 12.1 Å². The number of aromatic nitrogens is 1. The van der Waals surface area contributed by atoms with Gasteiger partial charge in [-0.05, 0) is 43.2 Å². The molecule has 92 valence electrons. The molecule has 1 heterocycles. The first-order chi connectivity index (χ1) is 8.58. The first kappa shape index (κ1) is 12.1. The van der Waals surface area contributed by atoms with E-state index in [9.17, 15) is 9.59 Å². The summed E-state index contributed by atoms with van der Waals surface area (Å²) in [7, 11) is 0. The summed E-state index contributed by atoms with van der Waals surface area (Å²) in [6.07, 6.45) is 1.50. The third kappa shape index (κ3) is 2.48. The zero-order valence-electron chi connectivity index (χ0n) is 10.3. The highest BCUT2D eigenvalue weighted by Gasteiger charge is 2.10. The van der Waals surface area contributed by atoms with Gasteiger partial charge in [0.15, 0.2) is 0 Å². The fourth-order valence-corrected chi connectivity index (χ4v) is 1.66. The average molecular weight is 242 g/mol. The molecule has 0 saturated carbocycles. The topological polar surface area (TPSA) is 62.0 Å². The highest BCUT2D eigenvalue weighted by molar-refractivity contribution is 6.04. The normalized spacial score (nSPS) is 10.1. The Balaban J connectivity index is 2.30. The second kappa shape index (κ2) is 4.87. The number of hydrogen-bond donors (Lipinski definition) is 2. The predicted molar refractivity (Wildman–Crippen MR) is 70.9 cm³/mol. The van der Waals surface area contributed by atoms with Crippen molar-refractivity contribution >= 4 is 11.6 Å². The quantitative estimate of drug-likeness (QED) is 0.848. The number of aryl methyl sites for hydroxylation is 2. The van der Waals surface area contributed by atoms with Crippen LogP contribution in [0.1, 0.15) is 21.5 Å². The Morgan fingerprint density at radius 1 is 1.22 bits per heavy atom. The van der Waals surface area contributed by atoms with Gasteiger partial charge in [-0.25, -0.2) is 0 Å². The largest absolute Gasteiger partial charge is 0.328 e. The maximum absolute atomic E-state index is 12.0. The highest BCUT2D eigenvalue weighted by atomic mass is 16.2. The Morgan fingerprint density at radius 2 is 2.00 bits per heavy atom. The summed E-state index contributed by atoms with van der Waals surface area (Å²) in [6.45, 7) is 3.86. The van der Waals surface area contributed by atoms with Crippen LogP contribution in [0.25, 0.3) is 0 Å². The third-order valence-electron chi connectivity index (χ3n) is 2.70. The van der Waals surface area contributed by atoms with Crippen LogP contribution in [0.5, 0.6) is 0 Å². The molecule has 0 atom stereocenters. The average Bonchev–Trinajstić information content (AvgIpc) is 2.34. The van der Waals surface area contributed by atoms with Crippen molar-refractivity contribution in [2.75, 3.05) is 5.32 Å². The van der Waals surface area contributed by atoms with E-state index in [2.05, 4.69) is 10.3 Å². The molecule has 0 aliphatic carbocycles. The van der Waals surface area contributed by atoms with E-state index >= 15 is 0 Å². The second-order valence-electron chi connectivity index (χ2n) is 4.19. The van der Waals surface area contributed by atoms with Crippen LogP contribution in [0.3, 0.4) is 0 Å². The fourth-order valence-electron chi connectivity index (χ4n) is 1.66. The van der Waals surface area contributed by atoms with Gasteiger partial charge in [0.2, 0.25) is 0 Å². The van der Waals surface area contributed by atoms with Crippen molar-refractivity contribution in [3.63, 3.8) is 0 Å². The van der Waals surface area contributed by atoms with E-state index in [1.165, 1.54) is 12.3 Å². The lowest BCUT2D eigenvalue weighted by molar-refractivity contribution is 0.102. The number of carbonyl (C=O) groups excluding carboxylic acids is 1. The number of amides is 1. The van der Waals surface area contributed by atoms with Gasteiger partial charge in [0.05, 0.1) is 0 Å². The van der Waals surface area contributed by atoms with E-state index in [1.54, 1.807) is 6.07 Å². The lowest BCUT2D eigenvalue weighted by Gasteiger charge is -2.08. The van der Waals surface area contributed by atoms with Crippen molar-refractivity contribution in [1.82, 2.24) is 4.98 Å². The van der Waals surface area contributed by atoms with Crippen LogP contribution in [0, 0.1) is 13.8 Å². The molecule has 0 radical (unpaired) electrons. The van der Waals surface area contributed by atoms with Gasteiger partial charge in [-0.2, -0.15) is 0 Å². The van der Waals surface area contributed by atoms with Crippen molar-refractivity contribution < 1.29 is 4.79 Å². The number of H-pyrrole nitrogens is 1. The predicted octanol–water partition coefficient (Wildman–Crippen LogP) is 2.24. The molecular formula is C14H14N2O2. The van der Waals surface area contributed by atoms with Crippen LogP contribution in [0.4, 0.5) is 5.69 Å². The maximum Gasteiger partial charge on any atom is 0.261 e. The fraction of sp³-hybridized carbons (Fsp3) is 0.143. The van der Waals surface area contributed by atoms with E-state index < -0.39 is 5.91 Å². The van der Waals surface area contributed by atoms with Gasteiger partial charge >= 0.3 is 0 Å². The molecule has 2 rings (SSSR count). The zero-order valence-corrected chi connectivity index (χ0v) is 10.3. The van der Waals surface area contributed by atoms with Crippen molar-refractivity contribution in [3.8, 4) is 0 Å². The van der Waals surface area contributed by atoms with Gasteiger partial charge in [-0.15, -0.1) is 0 Å². The third-order valence-corrected chi connectivity index (χ3v) is 2.70. The monoisotopic (exact) mass is 242 g/mol. The van der Waals surface area contributed by atoms with Crippen LogP contribution >= 0.6 is 0 Å². The number of rotatable bonds is 2. The molecule has 0 fully saturated rings. The van der Waals surface area contributed by atoms with Crippen LogP contribution in [0.15, 0.2) is 41.3 Å². The summed E-state index contributed by atoms with van der Waals surface area (Å²) in [5.41, 5.74) is 2.46. The molecule has 18 heavy (non-hydrogen) atoms. The number of carbonyl (C=O) groups is 1. The SMILES string of the molecule is Cc1ccc(C)c(NC(=O)c2ccc[nH]c2=O)c1. The molecule has 2 aromatic rings. The molecule has 0 bridgehead atoms. The molecule has 0 unspecified atom stereocenters. The molecule has 0 aliphatic rings. The van der Waals surface area contributed by atoms with E-state index in [-0.39, 0.29) is 11.1 Å². The minimum Gasteiger partial charge on any atom is -0.328 e. The summed E-state index contributed by atoms with van der Waals surface area (Å²) in [6, 6.07) is 8.91. The van der Waals surface area contributed by atoms with Gasteiger partial charge in [-0.3, -0.25) is 9.59 Å². The molecule has 4 heteroatoms. The lowest BCUT2D eigenvalue weighted by atomic mass is 10.1. The molecule has 0 saturated heterocycles. The Labute approximate surface area is 105 Å². The lowest BCUT2D eigenvalue weighted by Crippen LogP contribution is -2.22. The summed E-state index contributed by atoms with van der Waals surface area (Å²) in [5.74, 6) is -0.398.